The lowest BCUT2D eigenvalue weighted by Crippen LogP contribution is -2.33. The Balaban J connectivity index is 1.82. The summed E-state index contributed by atoms with van der Waals surface area (Å²) in [6.07, 6.45) is 0.853. The van der Waals surface area contributed by atoms with Crippen LogP contribution in [0.25, 0.3) is 16.7 Å². The number of hydrogen-bond donors (Lipinski definition) is 0. The van der Waals surface area contributed by atoms with Gasteiger partial charge in [0.2, 0.25) is 0 Å². The Hall–Kier alpha value is -3.80. The molecule has 0 bridgehead atoms. The number of imidazole rings is 1. The first-order chi connectivity index (χ1) is 16.9. The molecule has 0 fully saturated rings. The van der Waals surface area contributed by atoms with Gasteiger partial charge in [0.15, 0.2) is 0 Å². The monoisotopic (exact) mass is 471 g/mol. The molecule has 0 N–H and O–H groups in total. The maximum absolute atomic E-state index is 13.8. The standard InChI is InChI=1S/C29H33N3O3/c1-7-14-31(29(33)28-20(3)15-19(2)16-21(28)4)18-27-30-25-13-12-24(35-6)17-26(25)32(27)22-8-10-23(34-5)11-9-22/h8-13,15-17H,7,14,18H2,1-6H3. The van der Waals surface area contributed by atoms with Gasteiger partial charge in [0.05, 0.1) is 31.8 Å². The topological polar surface area (TPSA) is 56.6 Å². The highest BCUT2D eigenvalue weighted by Crippen LogP contribution is 2.28. The highest BCUT2D eigenvalue weighted by molar-refractivity contribution is 5.97. The van der Waals surface area contributed by atoms with Gasteiger partial charge < -0.3 is 14.4 Å². The maximum atomic E-state index is 13.8. The largest absolute Gasteiger partial charge is 0.497 e. The van der Waals surface area contributed by atoms with Gasteiger partial charge in [-0.1, -0.05) is 24.6 Å². The molecule has 4 aromatic rings. The number of amides is 1. The molecule has 6 nitrogen and oxygen atoms in total. The van der Waals surface area contributed by atoms with Crippen LogP contribution in [-0.2, 0) is 6.54 Å². The summed E-state index contributed by atoms with van der Waals surface area (Å²) in [5.74, 6) is 2.37. The molecule has 0 saturated heterocycles. The van der Waals surface area contributed by atoms with Crippen LogP contribution in [0.2, 0.25) is 0 Å². The third-order valence-electron chi connectivity index (χ3n) is 6.27. The van der Waals surface area contributed by atoms with Crippen LogP contribution in [0.4, 0.5) is 0 Å². The van der Waals surface area contributed by atoms with Crippen LogP contribution >= 0.6 is 0 Å². The zero-order valence-electron chi connectivity index (χ0n) is 21.4. The van der Waals surface area contributed by atoms with Crippen molar-refractivity contribution in [1.29, 1.82) is 0 Å². The van der Waals surface area contributed by atoms with Crippen LogP contribution in [0.15, 0.2) is 54.6 Å². The second-order valence-corrected chi connectivity index (χ2v) is 8.92. The van der Waals surface area contributed by atoms with Gasteiger partial charge in [0.25, 0.3) is 5.91 Å². The van der Waals surface area contributed by atoms with E-state index in [0.717, 1.165) is 62.7 Å². The molecule has 0 aliphatic carbocycles. The summed E-state index contributed by atoms with van der Waals surface area (Å²) in [6, 6.07) is 17.9. The number of methoxy groups -OCH3 is 2. The third-order valence-corrected chi connectivity index (χ3v) is 6.27. The van der Waals surface area contributed by atoms with Crippen molar-refractivity contribution in [2.75, 3.05) is 20.8 Å². The molecule has 0 saturated carbocycles. The number of hydrogen-bond acceptors (Lipinski definition) is 4. The SMILES string of the molecule is CCCN(Cc1nc2ccc(OC)cc2n1-c1ccc(OC)cc1)C(=O)c1c(C)cc(C)cc1C. The smallest absolute Gasteiger partial charge is 0.254 e. The summed E-state index contributed by atoms with van der Waals surface area (Å²) >= 11 is 0. The normalized spacial score (nSPS) is 11.0. The highest BCUT2D eigenvalue weighted by Gasteiger charge is 2.23. The van der Waals surface area contributed by atoms with E-state index in [4.69, 9.17) is 14.5 Å². The van der Waals surface area contributed by atoms with Crippen LogP contribution in [0.1, 0.15) is 46.2 Å². The van der Waals surface area contributed by atoms with Gasteiger partial charge in [-0.3, -0.25) is 9.36 Å². The summed E-state index contributed by atoms with van der Waals surface area (Å²) in [5, 5.41) is 0. The Morgan fingerprint density at radius 1 is 0.914 bits per heavy atom. The predicted octanol–water partition coefficient (Wildman–Crippen LogP) is 6.02. The summed E-state index contributed by atoms with van der Waals surface area (Å²) in [5.41, 5.74) is 6.66. The molecule has 0 aliphatic heterocycles. The molecule has 1 heterocycles. The number of benzene rings is 3. The van der Waals surface area contributed by atoms with E-state index in [9.17, 15) is 4.79 Å². The Bertz CT molecular complexity index is 1330. The highest BCUT2D eigenvalue weighted by atomic mass is 16.5. The second-order valence-electron chi connectivity index (χ2n) is 8.92. The fourth-order valence-electron chi connectivity index (χ4n) is 4.73. The Morgan fingerprint density at radius 3 is 2.14 bits per heavy atom. The number of carbonyl (C=O) groups is 1. The first-order valence-electron chi connectivity index (χ1n) is 11.9. The Morgan fingerprint density at radius 2 is 1.54 bits per heavy atom. The summed E-state index contributed by atoms with van der Waals surface area (Å²) < 4.78 is 12.9. The maximum Gasteiger partial charge on any atom is 0.254 e. The van der Waals surface area contributed by atoms with Gasteiger partial charge in [0, 0.05) is 23.9 Å². The van der Waals surface area contributed by atoms with E-state index >= 15 is 0 Å². The zero-order chi connectivity index (χ0) is 25.1. The van der Waals surface area contributed by atoms with Gasteiger partial charge in [-0.2, -0.15) is 0 Å². The summed E-state index contributed by atoms with van der Waals surface area (Å²) in [4.78, 5) is 20.6. The lowest BCUT2D eigenvalue weighted by molar-refractivity contribution is 0.0737. The minimum atomic E-state index is 0.0350. The van der Waals surface area contributed by atoms with Crippen LogP contribution in [0, 0.1) is 20.8 Å². The van der Waals surface area contributed by atoms with Crippen molar-refractivity contribution in [3.05, 3.63) is 82.7 Å². The number of rotatable bonds is 8. The minimum absolute atomic E-state index is 0.0350. The van der Waals surface area contributed by atoms with E-state index in [-0.39, 0.29) is 5.91 Å². The average molecular weight is 472 g/mol. The molecule has 182 valence electrons. The van der Waals surface area contributed by atoms with Gasteiger partial charge in [-0.15, -0.1) is 0 Å². The molecule has 6 heteroatoms. The number of nitrogens with zero attached hydrogens (tertiary/aromatic N) is 3. The van der Waals surface area contributed by atoms with E-state index in [1.54, 1.807) is 14.2 Å². The average Bonchev–Trinajstić information content (AvgIpc) is 3.20. The minimum Gasteiger partial charge on any atom is -0.497 e. The summed E-state index contributed by atoms with van der Waals surface area (Å²) in [7, 11) is 3.31. The van der Waals surface area contributed by atoms with Crippen LogP contribution in [0.5, 0.6) is 11.5 Å². The molecule has 4 rings (SSSR count). The lowest BCUT2D eigenvalue weighted by atomic mass is 9.98. The molecule has 1 amide bonds. The van der Waals surface area contributed by atoms with E-state index < -0.39 is 0 Å². The van der Waals surface area contributed by atoms with E-state index in [0.29, 0.717) is 13.1 Å². The molecule has 0 unspecified atom stereocenters. The van der Waals surface area contributed by atoms with Crippen molar-refractivity contribution >= 4 is 16.9 Å². The van der Waals surface area contributed by atoms with Crippen molar-refractivity contribution in [3.8, 4) is 17.2 Å². The molecule has 0 aliphatic rings. The third kappa shape index (κ3) is 4.87. The van der Waals surface area contributed by atoms with Crippen molar-refractivity contribution in [1.82, 2.24) is 14.5 Å². The first-order valence-corrected chi connectivity index (χ1v) is 11.9. The predicted molar refractivity (Wildman–Crippen MR) is 140 cm³/mol. The number of aryl methyl sites for hydroxylation is 3. The van der Waals surface area contributed by atoms with E-state index in [2.05, 4.69) is 30.5 Å². The fourth-order valence-corrected chi connectivity index (χ4v) is 4.73. The lowest BCUT2D eigenvalue weighted by Gasteiger charge is -2.24. The quantitative estimate of drug-likeness (QED) is 0.315. The molecule has 0 atom stereocenters. The first kappa shape index (κ1) is 24.3. The van der Waals surface area contributed by atoms with Crippen molar-refractivity contribution in [2.24, 2.45) is 0 Å². The molecule has 0 spiro atoms. The van der Waals surface area contributed by atoms with Crippen molar-refractivity contribution in [2.45, 2.75) is 40.7 Å². The number of fused-ring (bicyclic) bond motifs is 1. The Kier molecular flexibility index (Phi) is 7.10. The van der Waals surface area contributed by atoms with E-state index in [1.807, 2.05) is 61.2 Å². The number of ether oxygens (including phenoxy) is 2. The molecule has 1 aromatic heterocycles. The van der Waals surface area contributed by atoms with Gasteiger partial charge >= 0.3 is 0 Å². The molecular formula is C29H33N3O3. The van der Waals surface area contributed by atoms with Gasteiger partial charge in [0.1, 0.15) is 17.3 Å². The van der Waals surface area contributed by atoms with Crippen LogP contribution in [-0.4, -0.2) is 41.1 Å². The number of carbonyl (C=O) groups excluding carboxylic acids is 1. The summed E-state index contributed by atoms with van der Waals surface area (Å²) in [6.45, 7) is 9.20. The van der Waals surface area contributed by atoms with Gasteiger partial charge in [-0.25, -0.2) is 4.98 Å². The van der Waals surface area contributed by atoms with E-state index in [1.165, 1.54) is 0 Å². The fraction of sp³-hybridized carbons (Fsp3) is 0.310. The molecule has 35 heavy (non-hydrogen) atoms. The van der Waals surface area contributed by atoms with Crippen molar-refractivity contribution < 1.29 is 14.3 Å². The molecule has 0 radical (unpaired) electrons. The second kappa shape index (κ2) is 10.2. The van der Waals surface area contributed by atoms with Crippen molar-refractivity contribution in [3.63, 3.8) is 0 Å². The van der Waals surface area contributed by atoms with Crippen LogP contribution < -0.4 is 9.47 Å². The Labute approximate surface area is 207 Å². The molecule has 3 aromatic carbocycles. The van der Waals surface area contributed by atoms with Crippen LogP contribution in [0.3, 0.4) is 0 Å². The number of aromatic nitrogens is 2. The molecular weight excluding hydrogens is 438 g/mol. The zero-order valence-corrected chi connectivity index (χ0v) is 21.4. The van der Waals surface area contributed by atoms with Gasteiger partial charge in [-0.05, 0) is 74.7 Å².